The van der Waals surface area contributed by atoms with Crippen molar-refractivity contribution in [1.29, 1.82) is 0 Å². The molecule has 0 bridgehead atoms. The van der Waals surface area contributed by atoms with Gasteiger partial charge in [0.2, 0.25) is 0 Å². The van der Waals surface area contributed by atoms with E-state index in [0.29, 0.717) is 25.1 Å². The number of amides is 1. The van der Waals surface area contributed by atoms with Gasteiger partial charge in [-0.05, 0) is 37.0 Å². The minimum Gasteiger partial charge on any atom is -0.481 e. The lowest BCUT2D eigenvalue weighted by Crippen LogP contribution is -2.33. The molecule has 9 nitrogen and oxygen atoms in total. The normalized spacial score (nSPS) is 12.8. The first-order valence-corrected chi connectivity index (χ1v) is 9.90. The second-order valence-corrected chi connectivity index (χ2v) is 6.93. The Bertz CT molecular complexity index is 947. The van der Waals surface area contributed by atoms with Gasteiger partial charge in [0.25, 0.3) is 5.91 Å². The Balaban J connectivity index is 0.000000675. The second kappa shape index (κ2) is 12.9. The van der Waals surface area contributed by atoms with E-state index in [1.807, 2.05) is 12.1 Å². The van der Waals surface area contributed by atoms with E-state index < -0.39 is 18.1 Å². The number of halogens is 3. The molecule has 12 heteroatoms. The first-order valence-electron chi connectivity index (χ1n) is 9.90. The van der Waals surface area contributed by atoms with Crippen molar-refractivity contribution in [3.8, 4) is 11.8 Å². The third kappa shape index (κ3) is 10.4. The van der Waals surface area contributed by atoms with Gasteiger partial charge in [0.15, 0.2) is 5.96 Å². The number of rotatable bonds is 6. The number of carbonyl (C=O) groups excluding carboxylic acids is 1. The number of alkyl halides is 3. The molecule has 0 spiro atoms. The number of benzene rings is 1. The van der Waals surface area contributed by atoms with E-state index in [2.05, 4.69) is 16.8 Å². The molecule has 33 heavy (non-hydrogen) atoms. The van der Waals surface area contributed by atoms with Crippen LogP contribution in [-0.2, 0) is 16.0 Å². The van der Waals surface area contributed by atoms with Crippen molar-refractivity contribution in [2.24, 2.45) is 16.5 Å². The molecule has 0 atom stereocenters. The van der Waals surface area contributed by atoms with Gasteiger partial charge in [-0.15, -0.1) is 0 Å². The van der Waals surface area contributed by atoms with Gasteiger partial charge in [-0.1, -0.05) is 17.9 Å². The topological polar surface area (TPSA) is 159 Å². The molecule has 1 aliphatic rings. The molecule has 0 unspecified atom stereocenters. The summed E-state index contributed by atoms with van der Waals surface area (Å²) >= 11 is 0. The summed E-state index contributed by atoms with van der Waals surface area (Å²) < 4.78 is 31.7. The summed E-state index contributed by atoms with van der Waals surface area (Å²) in [5.74, 6) is 2.43. The maximum absolute atomic E-state index is 12.7. The number of carbonyl (C=O) groups is 3. The predicted molar refractivity (Wildman–Crippen MR) is 113 cm³/mol. The van der Waals surface area contributed by atoms with E-state index in [1.54, 1.807) is 11.0 Å². The highest BCUT2D eigenvalue weighted by Crippen LogP contribution is 2.20. The maximum atomic E-state index is 12.7. The number of nitrogens with zero attached hydrogens (tertiary/aromatic N) is 2. The van der Waals surface area contributed by atoms with Crippen molar-refractivity contribution in [3.05, 3.63) is 34.9 Å². The van der Waals surface area contributed by atoms with Crippen LogP contribution in [0.3, 0.4) is 0 Å². The summed E-state index contributed by atoms with van der Waals surface area (Å²) in [6.07, 6.45) is -2.08. The molecule has 1 aliphatic heterocycles. The number of fused-ring (bicyclic) bond motifs is 1. The highest BCUT2D eigenvalue weighted by atomic mass is 19.4. The molecule has 1 aromatic rings. The minimum absolute atomic E-state index is 0.0453. The monoisotopic (exact) mass is 470 g/mol. The van der Waals surface area contributed by atoms with E-state index in [9.17, 15) is 22.8 Å². The Morgan fingerprint density at radius 2 is 1.88 bits per heavy atom. The van der Waals surface area contributed by atoms with Crippen LogP contribution in [0.15, 0.2) is 23.2 Å². The van der Waals surface area contributed by atoms with Crippen molar-refractivity contribution < 1.29 is 37.8 Å². The lowest BCUT2D eigenvalue weighted by molar-refractivity contribution is -0.192. The van der Waals surface area contributed by atoms with Gasteiger partial charge in [0.1, 0.15) is 0 Å². The van der Waals surface area contributed by atoms with Gasteiger partial charge in [-0.2, -0.15) is 13.2 Å². The highest BCUT2D eigenvalue weighted by Gasteiger charge is 2.38. The number of nitrogens with two attached hydrogens (primary N) is 2. The molecule has 0 saturated carbocycles. The van der Waals surface area contributed by atoms with Gasteiger partial charge in [-0.25, -0.2) is 4.79 Å². The molecule has 1 heterocycles. The molecule has 0 radical (unpaired) electrons. The Kier molecular flexibility index (Phi) is 10.7. The maximum Gasteiger partial charge on any atom is 0.490 e. The van der Waals surface area contributed by atoms with Crippen LogP contribution < -0.4 is 11.5 Å². The van der Waals surface area contributed by atoms with Crippen molar-refractivity contribution in [3.63, 3.8) is 0 Å². The number of guanidine groups is 1. The molecular weight excluding hydrogens is 445 g/mol. The molecule has 0 saturated heterocycles. The molecule has 180 valence electrons. The summed E-state index contributed by atoms with van der Waals surface area (Å²) in [7, 11) is 0. The quantitative estimate of drug-likeness (QED) is 0.213. The number of aliphatic imine (C=N–C) groups is 1. The zero-order valence-electron chi connectivity index (χ0n) is 17.7. The predicted octanol–water partition coefficient (Wildman–Crippen LogP) is 1.59. The highest BCUT2D eigenvalue weighted by molar-refractivity contribution is 5.96. The molecule has 1 amide bonds. The van der Waals surface area contributed by atoms with E-state index in [0.717, 1.165) is 30.4 Å². The van der Waals surface area contributed by atoms with Crippen LogP contribution >= 0.6 is 0 Å². The lowest BCUT2D eigenvalue weighted by Gasteiger charge is -2.20. The standard InChI is InChI=1S/C19H24N4O3.C2HF3O2/c20-19(21)22-10-3-1-2-5-14-7-8-15-6-4-11-23(12-9-17(24)25)18(26)16(15)13-14;3-2(4,5)1(6)7/h7-8,13H,1,3-4,6,9-12H2,(H,24,25)(H4,20,21,22);(H,6,7). The number of aryl methyl sites for hydroxylation is 1. The third-order valence-corrected chi connectivity index (χ3v) is 4.33. The summed E-state index contributed by atoms with van der Waals surface area (Å²) in [5, 5.41) is 16.0. The van der Waals surface area contributed by atoms with E-state index in [-0.39, 0.29) is 24.8 Å². The molecule has 6 N–H and O–H groups in total. The van der Waals surface area contributed by atoms with Crippen LogP contribution in [0, 0.1) is 11.8 Å². The van der Waals surface area contributed by atoms with Gasteiger partial charge >= 0.3 is 18.1 Å². The van der Waals surface area contributed by atoms with Crippen LogP contribution in [0.5, 0.6) is 0 Å². The average Bonchev–Trinajstić information content (AvgIpc) is 2.87. The minimum atomic E-state index is -5.08. The SMILES string of the molecule is NC(N)=NCCCC#Cc1ccc2c(c1)C(=O)N(CCC(=O)O)CCC2.O=C(O)C(F)(F)F. The number of hydrogen-bond donors (Lipinski definition) is 4. The molecule has 0 fully saturated rings. The molecule has 0 aliphatic carbocycles. The lowest BCUT2D eigenvalue weighted by atomic mass is 10.0. The van der Waals surface area contributed by atoms with E-state index in [1.165, 1.54) is 0 Å². The van der Waals surface area contributed by atoms with Crippen LogP contribution in [0.4, 0.5) is 13.2 Å². The number of carboxylic acids is 2. The van der Waals surface area contributed by atoms with Gasteiger partial charge in [-0.3, -0.25) is 14.6 Å². The largest absolute Gasteiger partial charge is 0.490 e. The Morgan fingerprint density at radius 3 is 2.45 bits per heavy atom. The molecule has 2 rings (SSSR count). The van der Waals surface area contributed by atoms with Gasteiger partial charge < -0.3 is 26.6 Å². The summed E-state index contributed by atoms with van der Waals surface area (Å²) in [4.78, 5) is 37.9. The zero-order valence-corrected chi connectivity index (χ0v) is 17.7. The van der Waals surface area contributed by atoms with E-state index >= 15 is 0 Å². The number of aliphatic carboxylic acids is 2. The number of unbranched alkanes of at least 4 members (excludes halogenated alkanes) is 1. The fourth-order valence-corrected chi connectivity index (χ4v) is 2.79. The number of hydrogen-bond acceptors (Lipinski definition) is 4. The number of carboxylic acid groups (broad SMARTS) is 2. The average molecular weight is 470 g/mol. The fourth-order valence-electron chi connectivity index (χ4n) is 2.79. The first kappa shape index (κ1) is 27.3. The summed E-state index contributed by atoms with van der Waals surface area (Å²) in [6.45, 7) is 1.35. The summed E-state index contributed by atoms with van der Waals surface area (Å²) in [5.41, 5.74) is 12.9. The van der Waals surface area contributed by atoms with Crippen molar-refractivity contribution >= 4 is 23.8 Å². The van der Waals surface area contributed by atoms with Crippen LogP contribution in [0.1, 0.15) is 47.2 Å². The van der Waals surface area contributed by atoms with Gasteiger partial charge in [0, 0.05) is 37.2 Å². The molecule has 1 aromatic carbocycles. The smallest absolute Gasteiger partial charge is 0.481 e. The van der Waals surface area contributed by atoms with Crippen molar-refractivity contribution in [2.45, 2.75) is 38.3 Å². The van der Waals surface area contributed by atoms with Crippen LogP contribution in [0.25, 0.3) is 0 Å². The Labute approximate surface area is 188 Å². The van der Waals surface area contributed by atoms with Crippen molar-refractivity contribution in [2.75, 3.05) is 19.6 Å². The first-order chi connectivity index (χ1) is 15.4. The second-order valence-electron chi connectivity index (χ2n) is 6.93. The zero-order chi connectivity index (χ0) is 25.0. The van der Waals surface area contributed by atoms with Crippen molar-refractivity contribution in [1.82, 2.24) is 4.90 Å². The van der Waals surface area contributed by atoms with Gasteiger partial charge in [0.05, 0.1) is 6.42 Å². The van der Waals surface area contributed by atoms with Crippen LogP contribution in [-0.4, -0.2) is 64.7 Å². The third-order valence-electron chi connectivity index (χ3n) is 4.33. The summed E-state index contributed by atoms with van der Waals surface area (Å²) in [6, 6.07) is 5.67. The molecule has 0 aromatic heterocycles. The fraction of sp³-hybridized carbons (Fsp3) is 0.429. The van der Waals surface area contributed by atoms with E-state index in [4.69, 9.17) is 26.5 Å². The molecular formula is C21H25F3N4O5. The van der Waals surface area contributed by atoms with Crippen LogP contribution in [0.2, 0.25) is 0 Å². The Morgan fingerprint density at radius 1 is 1.21 bits per heavy atom. The Hall–Kier alpha value is -3.75.